The molecule has 2 aromatic heterocycles. The molecule has 0 saturated carbocycles. The van der Waals surface area contributed by atoms with E-state index in [2.05, 4.69) is 35.6 Å². The van der Waals surface area contributed by atoms with Crippen LogP contribution in [0.4, 0.5) is 0 Å². The number of aromatic nitrogens is 3. The molecule has 0 atom stereocenters. The van der Waals surface area contributed by atoms with Crippen molar-refractivity contribution >= 4 is 15.9 Å². The maximum Gasteiger partial charge on any atom is 0.196 e. The minimum atomic E-state index is 0.572. The molecule has 12 heavy (non-hydrogen) atoms. The predicted molar refractivity (Wildman–Crippen MR) is 45.2 cm³/mol. The van der Waals surface area contributed by atoms with E-state index in [9.17, 15) is 0 Å². The zero-order valence-corrected chi connectivity index (χ0v) is 7.52. The molecule has 0 amide bonds. The summed E-state index contributed by atoms with van der Waals surface area (Å²) >= 11 is 3.15. The first kappa shape index (κ1) is 7.42. The van der Waals surface area contributed by atoms with Gasteiger partial charge in [0.05, 0.1) is 6.20 Å². The molecule has 0 bridgehead atoms. The summed E-state index contributed by atoms with van der Waals surface area (Å²) in [7, 11) is 0. The molecule has 4 nitrogen and oxygen atoms in total. The smallest absolute Gasteiger partial charge is 0.196 e. The van der Waals surface area contributed by atoms with Crippen LogP contribution in [0.3, 0.4) is 0 Å². The Bertz CT molecular complexity index is 357. The van der Waals surface area contributed by atoms with Crippen molar-refractivity contribution in [1.29, 1.82) is 0 Å². The van der Waals surface area contributed by atoms with Gasteiger partial charge in [0.1, 0.15) is 6.26 Å². The maximum absolute atomic E-state index is 4.68. The van der Waals surface area contributed by atoms with Crippen LogP contribution in [0.2, 0.25) is 0 Å². The molecule has 0 fully saturated rings. The molecule has 0 N–H and O–H groups in total. The first-order valence-electron chi connectivity index (χ1n) is 3.23. The molecule has 2 heterocycles. The minimum absolute atomic E-state index is 0.572. The maximum atomic E-state index is 4.68. The molecule has 0 aromatic carbocycles. The lowest BCUT2D eigenvalue weighted by molar-refractivity contribution is 0.420. The van der Waals surface area contributed by atoms with Crippen molar-refractivity contribution in [2.45, 2.75) is 0 Å². The van der Waals surface area contributed by atoms with Crippen molar-refractivity contribution < 1.29 is 4.52 Å². The molecule has 2 aromatic rings. The zero-order chi connectivity index (χ0) is 8.39. The third-order valence-electron chi connectivity index (χ3n) is 1.39. The van der Waals surface area contributed by atoms with Crippen LogP contribution in [-0.4, -0.2) is 15.1 Å². The summed E-state index contributed by atoms with van der Waals surface area (Å²) in [4.78, 5) is 7.94. The Labute approximate surface area is 76.8 Å². The highest BCUT2D eigenvalue weighted by molar-refractivity contribution is 9.10. The van der Waals surface area contributed by atoms with E-state index in [0.29, 0.717) is 4.73 Å². The van der Waals surface area contributed by atoms with Gasteiger partial charge in [0.2, 0.25) is 0 Å². The Morgan fingerprint density at radius 2 is 1.83 bits per heavy atom. The second-order valence-corrected chi connectivity index (χ2v) is 2.86. The first-order valence-corrected chi connectivity index (χ1v) is 4.03. The summed E-state index contributed by atoms with van der Waals surface area (Å²) in [6, 6.07) is 0. The van der Waals surface area contributed by atoms with Gasteiger partial charge in [-0.05, 0) is 15.9 Å². The molecule has 0 aliphatic heterocycles. The Morgan fingerprint density at radius 1 is 1.08 bits per heavy atom. The number of rotatable bonds is 1. The van der Waals surface area contributed by atoms with E-state index >= 15 is 0 Å². The average molecular weight is 226 g/mol. The zero-order valence-electron chi connectivity index (χ0n) is 5.94. The van der Waals surface area contributed by atoms with Gasteiger partial charge in [0.15, 0.2) is 4.73 Å². The van der Waals surface area contributed by atoms with Crippen LogP contribution in [0, 0.1) is 0 Å². The summed E-state index contributed by atoms with van der Waals surface area (Å²) in [5, 5.41) is 3.58. The molecule has 0 aliphatic carbocycles. The largest absolute Gasteiger partial charge is 0.364 e. The van der Waals surface area contributed by atoms with Gasteiger partial charge >= 0.3 is 0 Å². The highest BCUT2D eigenvalue weighted by Gasteiger charge is 2.00. The second-order valence-electron chi connectivity index (χ2n) is 2.15. The van der Waals surface area contributed by atoms with E-state index in [1.807, 2.05) is 0 Å². The van der Waals surface area contributed by atoms with E-state index < -0.39 is 0 Å². The number of halogens is 1. The Hall–Kier alpha value is -1.23. The van der Waals surface area contributed by atoms with Gasteiger partial charge in [-0.15, -0.1) is 0 Å². The van der Waals surface area contributed by atoms with Crippen LogP contribution >= 0.6 is 15.9 Å². The van der Waals surface area contributed by atoms with Crippen molar-refractivity contribution in [2.24, 2.45) is 0 Å². The molecule has 5 heteroatoms. The molecule has 2 rings (SSSR count). The predicted octanol–water partition coefficient (Wildman–Crippen LogP) is 1.89. The topological polar surface area (TPSA) is 51.8 Å². The molecule has 60 valence electrons. The van der Waals surface area contributed by atoms with Crippen LogP contribution in [-0.2, 0) is 0 Å². The van der Waals surface area contributed by atoms with Gasteiger partial charge in [0.25, 0.3) is 0 Å². The quantitative estimate of drug-likeness (QED) is 0.696. The molecule has 0 saturated heterocycles. The van der Waals surface area contributed by atoms with Crippen LogP contribution in [0.15, 0.2) is 34.1 Å². The normalized spacial score (nSPS) is 10.1. The van der Waals surface area contributed by atoms with Gasteiger partial charge in [-0.1, -0.05) is 5.16 Å². The van der Waals surface area contributed by atoms with E-state index in [-0.39, 0.29) is 0 Å². The van der Waals surface area contributed by atoms with E-state index in [0.717, 1.165) is 11.1 Å². The highest BCUT2D eigenvalue weighted by Crippen LogP contribution is 2.16. The minimum Gasteiger partial charge on any atom is -0.364 e. The summed E-state index contributed by atoms with van der Waals surface area (Å²) in [6.45, 7) is 0. The SMILES string of the molecule is Brc1ncc(-c2cnoc2)cn1. The molecule has 0 spiro atoms. The lowest BCUT2D eigenvalue weighted by Crippen LogP contribution is -1.82. The van der Waals surface area contributed by atoms with Crippen molar-refractivity contribution in [3.63, 3.8) is 0 Å². The van der Waals surface area contributed by atoms with Crippen LogP contribution in [0.5, 0.6) is 0 Å². The van der Waals surface area contributed by atoms with Crippen LogP contribution < -0.4 is 0 Å². The van der Waals surface area contributed by atoms with E-state index in [1.54, 1.807) is 24.9 Å². The standard InChI is InChI=1S/C7H4BrN3O/c8-7-9-1-5(2-10-7)6-3-11-12-4-6/h1-4H. The summed E-state index contributed by atoms with van der Waals surface area (Å²) in [5.74, 6) is 0. The third-order valence-corrected chi connectivity index (χ3v) is 1.80. The third kappa shape index (κ3) is 1.35. The van der Waals surface area contributed by atoms with Crippen molar-refractivity contribution in [3.05, 3.63) is 29.6 Å². The molecule has 0 unspecified atom stereocenters. The van der Waals surface area contributed by atoms with Crippen molar-refractivity contribution in [1.82, 2.24) is 15.1 Å². The van der Waals surface area contributed by atoms with Gasteiger partial charge in [-0.25, -0.2) is 9.97 Å². The monoisotopic (exact) mass is 225 g/mol. The fourth-order valence-corrected chi connectivity index (χ4v) is 1.01. The van der Waals surface area contributed by atoms with Gasteiger partial charge in [0, 0.05) is 23.5 Å². The van der Waals surface area contributed by atoms with Gasteiger partial charge in [-0.2, -0.15) is 0 Å². The second kappa shape index (κ2) is 3.02. The molecular weight excluding hydrogens is 222 g/mol. The Kier molecular flexibility index (Phi) is 1.87. The molecular formula is C7H4BrN3O. The average Bonchev–Trinajstić information content (AvgIpc) is 2.58. The summed E-state index contributed by atoms with van der Waals surface area (Å²) in [5.41, 5.74) is 1.77. The van der Waals surface area contributed by atoms with E-state index in [1.165, 1.54) is 0 Å². The number of hydrogen-bond donors (Lipinski definition) is 0. The van der Waals surface area contributed by atoms with E-state index in [4.69, 9.17) is 0 Å². The molecule has 0 radical (unpaired) electrons. The summed E-state index contributed by atoms with van der Waals surface area (Å²) < 4.78 is 5.25. The van der Waals surface area contributed by atoms with Gasteiger partial charge in [-0.3, -0.25) is 0 Å². The summed E-state index contributed by atoms with van der Waals surface area (Å²) in [6.07, 6.45) is 6.56. The lowest BCUT2D eigenvalue weighted by Gasteiger charge is -1.92. The number of hydrogen-bond acceptors (Lipinski definition) is 4. The van der Waals surface area contributed by atoms with Crippen LogP contribution in [0.25, 0.3) is 11.1 Å². The first-order chi connectivity index (χ1) is 5.86. The van der Waals surface area contributed by atoms with Crippen molar-refractivity contribution in [2.75, 3.05) is 0 Å². The fourth-order valence-electron chi connectivity index (χ4n) is 0.809. The number of nitrogens with zero attached hydrogens (tertiary/aromatic N) is 3. The molecule has 0 aliphatic rings. The Morgan fingerprint density at radius 3 is 2.42 bits per heavy atom. The van der Waals surface area contributed by atoms with Gasteiger partial charge < -0.3 is 4.52 Å². The van der Waals surface area contributed by atoms with Crippen LogP contribution in [0.1, 0.15) is 0 Å². The highest BCUT2D eigenvalue weighted by atomic mass is 79.9. The Balaban J connectivity index is 2.43. The van der Waals surface area contributed by atoms with Crippen molar-refractivity contribution in [3.8, 4) is 11.1 Å². The lowest BCUT2D eigenvalue weighted by atomic mass is 10.2. The fraction of sp³-hybridized carbons (Fsp3) is 0.